The van der Waals surface area contributed by atoms with Crippen LogP contribution in [0.15, 0.2) is 24.3 Å². The van der Waals surface area contributed by atoms with Crippen molar-refractivity contribution >= 4 is 5.97 Å². The van der Waals surface area contributed by atoms with E-state index in [0.717, 1.165) is 19.3 Å². The van der Waals surface area contributed by atoms with E-state index in [-0.39, 0.29) is 0 Å². The second kappa shape index (κ2) is 14.4. The monoisotopic (exact) mass is 280 g/mol. The van der Waals surface area contributed by atoms with Crippen LogP contribution in [-0.4, -0.2) is 11.1 Å². The lowest BCUT2D eigenvalue weighted by Crippen LogP contribution is -1.95. The molecule has 0 aromatic carbocycles. The van der Waals surface area contributed by atoms with Crippen molar-refractivity contribution in [1.82, 2.24) is 0 Å². The third kappa shape index (κ3) is 13.4. The number of carboxylic acid groups (broad SMARTS) is 1. The largest absolute Gasteiger partial charge is 0.478 e. The number of hydrogen-bond donors (Lipinski definition) is 1. The van der Waals surface area contributed by atoms with Crippen LogP contribution in [0.25, 0.3) is 0 Å². The first-order valence-corrected chi connectivity index (χ1v) is 8.19. The minimum atomic E-state index is -0.793. The topological polar surface area (TPSA) is 37.3 Å². The second-order valence-electron chi connectivity index (χ2n) is 5.59. The van der Waals surface area contributed by atoms with Crippen molar-refractivity contribution in [3.05, 3.63) is 24.3 Å². The Kier molecular flexibility index (Phi) is 13.6. The molecule has 0 spiro atoms. The first-order chi connectivity index (χ1) is 9.68. The highest BCUT2D eigenvalue weighted by molar-refractivity contribution is 5.85. The number of rotatable bonds is 14. The standard InChI is InChI=1S/C18H32O2/c1-3-4-5-6-7-8-9-10-11-12-13-14-15-16-17(2)18(19)20/h3,16H,1,4-15H2,2H3,(H,19,20). The molecule has 2 heteroatoms. The average molecular weight is 280 g/mol. The summed E-state index contributed by atoms with van der Waals surface area (Å²) in [6, 6.07) is 0. The maximum atomic E-state index is 10.6. The van der Waals surface area contributed by atoms with Crippen molar-refractivity contribution in [2.75, 3.05) is 0 Å². The Morgan fingerprint density at radius 2 is 1.25 bits per heavy atom. The van der Waals surface area contributed by atoms with Crippen molar-refractivity contribution in [2.24, 2.45) is 0 Å². The van der Waals surface area contributed by atoms with Crippen molar-refractivity contribution in [1.29, 1.82) is 0 Å². The molecular formula is C18H32O2. The van der Waals surface area contributed by atoms with Crippen LogP contribution in [0.3, 0.4) is 0 Å². The Bertz CT molecular complexity index is 279. The molecule has 0 saturated heterocycles. The number of hydrogen-bond acceptors (Lipinski definition) is 1. The SMILES string of the molecule is C=CCCCCCCCCCCCCC=C(C)C(=O)O. The molecule has 0 aromatic rings. The summed E-state index contributed by atoms with van der Waals surface area (Å²) in [5.74, 6) is -0.793. The summed E-state index contributed by atoms with van der Waals surface area (Å²) >= 11 is 0. The fourth-order valence-electron chi connectivity index (χ4n) is 2.25. The molecule has 0 heterocycles. The molecule has 0 bridgehead atoms. The lowest BCUT2D eigenvalue weighted by molar-refractivity contribution is -0.132. The Morgan fingerprint density at radius 3 is 1.65 bits per heavy atom. The molecule has 0 aliphatic carbocycles. The van der Waals surface area contributed by atoms with E-state index in [9.17, 15) is 4.79 Å². The molecular weight excluding hydrogens is 248 g/mol. The maximum Gasteiger partial charge on any atom is 0.330 e. The summed E-state index contributed by atoms with van der Waals surface area (Å²) in [5, 5.41) is 8.70. The van der Waals surface area contributed by atoms with Gasteiger partial charge in [-0.15, -0.1) is 6.58 Å². The molecule has 0 aromatic heterocycles. The van der Waals surface area contributed by atoms with Crippen LogP contribution in [0.2, 0.25) is 0 Å². The highest BCUT2D eigenvalue weighted by Crippen LogP contribution is 2.12. The quantitative estimate of drug-likeness (QED) is 0.245. The Hall–Kier alpha value is -1.05. The number of carbonyl (C=O) groups is 1. The van der Waals surface area contributed by atoms with Crippen LogP contribution in [0.5, 0.6) is 0 Å². The first kappa shape index (κ1) is 18.9. The zero-order valence-corrected chi connectivity index (χ0v) is 13.2. The van der Waals surface area contributed by atoms with Gasteiger partial charge in [-0.2, -0.15) is 0 Å². The van der Waals surface area contributed by atoms with E-state index >= 15 is 0 Å². The van der Waals surface area contributed by atoms with Gasteiger partial charge in [0.2, 0.25) is 0 Å². The predicted octanol–water partition coefficient (Wildman–Crippen LogP) is 5.88. The van der Waals surface area contributed by atoms with Crippen LogP contribution in [0.4, 0.5) is 0 Å². The van der Waals surface area contributed by atoms with Gasteiger partial charge in [0.15, 0.2) is 0 Å². The molecule has 0 atom stereocenters. The van der Waals surface area contributed by atoms with Crippen LogP contribution in [-0.2, 0) is 4.79 Å². The van der Waals surface area contributed by atoms with Crippen molar-refractivity contribution in [3.63, 3.8) is 0 Å². The number of aliphatic carboxylic acids is 1. The molecule has 0 saturated carbocycles. The van der Waals surface area contributed by atoms with Crippen LogP contribution in [0, 0.1) is 0 Å². The minimum absolute atomic E-state index is 0.474. The van der Waals surface area contributed by atoms with Crippen molar-refractivity contribution < 1.29 is 9.90 Å². The first-order valence-electron chi connectivity index (χ1n) is 8.19. The summed E-state index contributed by atoms with van der Waals surface area (Å²) in [6.45, 7) is 5.40. The van der Waals surface area contributed by atoms with E-state index in [4.69, 9.17) is 5.11 Å². The molecule has 0 aliphatic rings. The number of carboxylic acids is 1. The van der Waals surface area contributed by atoms with Gasteiger partial charge in [0, 0.05) is 5.57 Å². The third-order valence-electron chi connectivity index (χ3n) is 3.65. The molecule has 0 fully saturated rings. The van der Waals surface area contributed by atoms with Crippen molar-refractivity contribution in [3.8, 4) is 0 Å². The zero-order valence-electron chi connectivity index (χ0n) is 13.2. The van der Waals surface area contributed by atoms with Gasteiger partial charge in [-0.25, -0.2) is 4.79 Å². The van der Waals surface area contributed by atoms with Gasteiger partial charge < -0.3 is 5.11 Å². The second-order valence-corrected chi connectivity index (χ2v) is 5.59. The summed E-state index contributed by atoms with van der Waals surface area (Å²) in [5.41, 5.74) is 0.474. The molecule has 1 N–H and O–H groups in total. The molecule has 2 nitrogen and oxygen atoms in total. The smallest absolute Gasteiger partial charge is 0.330 e. The lowest BCUT2D eigenvalue weighted by atomic mass is 10.0. The zero-order chi connectivity index (χ0) is 15.1. The van der Waals surface area contributed by atoms with Gasteiger partial charge in [0.05, 0.1) is 0 Å². The Morgan fingerprint density at radius 1 is 0.850 bits per heavy atom. The maximum absolute atomic E-state index is 10.6. The normalized spacial score (nSPS) is 11.6. The molecule has 0 aliphatic heterocycles. The van der Waals surface area contributed by atoms with Gasteiger partial charge in [0.1, 0.15) is 0 Å². The summed E-state index contributed by atoms with van der Waals surface area (Å²) in [4.78, 5) is 10.6. The molecule has 0 amide bonds. The average Bonchev–Trinajstić information content (AvgIpc) is 2.43. The van der Waals surface area contributed by atoms with E-state index in [1.165, 1.54) is 57.8 Å². The van der Waals surface area contributed by atoms with E-state index in [1.807, 2.05) is 12.2 Å². The van der Waals surface area contributed by atoms with Crippen LogP contribution < -0.4 is 0 Å². The molecule has 20 heavy (non-hydrogen) atoms. The van der Waals surface area contributed by atoms with Gasteiger partial charge in [-0.1, -0.05) is 63.5 Å². The highest BCUT2D eigenvalue weighted by atomic mass is 16.4. The molecule has 116 valence electrons. The van der Waals surface area contributed by atoms with E-state index in [0.29, 0.717) is 5.57 Å². The predicted molar refractivity (Wildman–Crippen MR) is 87.0 cm³/mol. The number of unbranched alkanes of at least 4 members (excludes halogenated alkanes) is 11. The highest BCUT2D eigenvalue weighted by Gasteiger charge is 1.97. The van der Waals surface area contributed by atoms with Gasteiger partial charge in [0.25, 0.3) is 0 Å². The minimum Gasteiger partial charge on any atom is -0.478 e. The van der Waals surface area contributed by atoms with E-state index < -0.39 is 5.97 Å². The Labute approximate surface area is 125 Å². The summed E-state index contributed by atoms with van der Waals surface area (Å²) < 4.78 is 0. The van der Waals surface area contributed by atoms with Crippen molar-refractivity contribution in [2.45, 2.75) is 84.0 Å². The van der Waals surface area contributed by atoms with Crippen LogP contribution in [0.1, 0.15) is 84.0 Å². The molecule has 0 radical (unpaired) electrons. The summed E-state index contributed by atoms with van der Waals surface area (Å²) in [7, 11) is 0. The third-order valence-corrected chi connectivity index (χ3v) is 3.65. The van der Waals surface area contributed by atoms with Crippen LogP contribution >= 0.6 is 0 Å². The fraction of sp³-hybridized carbons (Fsp3) is 0.722. The van der Waals surface area contributed by atoms with Gasteiger partial charge >= 0.3 is 5.97 Å². The van der Waals surface area contributed by atoms with Gasteiger partial charge in [-0.05, 0) is 32.6 Å². The molecule has 0 rings (SSSR count). The number of allylic oxidation sites excluding steroid dienone is 2. The van der Waals surface area contributed by atoms with E-state index in [2.05, 4.69) is 6.58 Å². The fourth-order valence-corrected chi connectivity index (χ4v) is 2.25. The Balaban J connectivity index is 3.15. The molecule has 0 unspecified atom stereocenters. The lowest BCUT2D eigenvalue weighted by Gasteiger charge is -2.02. The van der Waals surface area contributed by atoms with Gasteiger partial charge in [-0.3, -0.25) is 0 Å². The van der Waals surface area contributed by atoms with E-state index in [1.54, 1.807) is 6.92 Å². The summed E-state index contributed by atoms with van der Waals surface area (Å²) in [6.07, 6.45) is 19.0.